The molecule has 0 bridgehead atoms. The van der Waals surface area contributed by atoms with Gasteiger partial charge in [-0.3, -0.25) is 4.79 Å². The molecule has 3 rings (SSSR count). The first-order chi connectivity index (χ1) is 13.4. The molecule has 0 aromatic heterocycles. The lowest BCUT2D eigenvalue weighted by Crippen LogP contribution is -2.31. The van der Waals surface area contributed by atoms with Gasteiger partial charge in [-0.25, -0.2) is 4.39 Å². The number of nitrogen functional groups attached to an aromatic ring is 1. The number of amides is 1. The van der Waals surface area contributed by atoms with Crippen LogP contribution in [0.25, 0.3) is 6.08 Å². The Morgan fingerprint density at radius 1 is 1.36 bits per heavy atom. The van der Waals surface area contributed by atoms with Crippen LogP contribution in [0.2, 0.25) is 5.02 Å². The van der Waals surface area contributed by atoms with E-state index in [1.807, 2.05) is 19.1 Å². The number of halogens is 2. The molecule has 0 aliphatic carbocycles. The summed E-state index contributed by atoms with van der Waals surface area (Å²) in [6, 6.07) is 10.3. The van der Waals surface area contributed by atoms with Crippen LogP contribution in [0.15, 0.2) is 42.0 Å². The van der Waals surface area contributed by atoms with Crippen LogP contribution in [-0.4, -0.2) is 35.6 Å². The first-order valence-electron chi connectivity index (χ1n) is 9.26. The average molecular weight is 403 g/mol. The lowest BCUT2D eigenvalue weighted by molar-refractivity contribution is -0.133. The average Bonchev–Trinajstić information content (AvgIpc) is 3.16. The zero-order valence-electron chi connectivity index (χ0n) is 15.8. The van der Waals surface area contributed by atoms with E-state index in [4.69, 9.17) is 22.4 Å². The summed E-state index contributed by atoms with van der Waals surface area (Å²) in [6.45, 7) is 2.62. The predicted octanol–water partition coefficient (Wildman–Crippen LogP) is 3.84. The zero-order valence-corrected chi connectivity index (χ0v) is 16.5. The largest absolute Gasteiger partial charge is 0.398 e. The molecule has 1 aliphatic heterocycles. The summed E-state index contributed by atoms with van der Waals surface area (Å²) in [6.07, 6.45) is 3.43. The molecule has 1 fully saturated rings. The highest BCUT2D eigenvalue weighted by Crippen LogP contribution is 2.30. The molecule has 6 heteroatoms. The van der Waals surface area contributed by atoms with Gasteiger partial charge in [0.2, 0.25) is 5.91 Å². The van der Waals surface area contributed by atoms with E-state index in [0.717, 1.165) is 28.7 Å². The van der Waals surface area contributed by atoms with Crippen molar-refractivity contribution in [2.75, 3.05) is 25.4 Å². The van der Waals surface area contributed by atoms with Crippen LogP contribution in [0.4, 0.5) is 10.1 Å². The Balaban J connectivity index is 1.94. The van der Waals surface area contributed by atoms with E-state index >= 15 is 0 Å². The minimum absolute atomic E-state index is 0.134. The van der Waals surface area contributed by atoms with Crippen LogP contribution in [0.3, 0.4) is 0 Å². The molecular formula is C22H24ClFN2O2. The van der Waals surface area contributed by atoms with Crippen molar-refractivity contribution in [2.24, 2.45) is 5.92 Å². The van der Waals surface area contributed by atoms with Crippen LogP contribution in [0.5, 0.6) is 0 Å². The topological polar surface area (TPSA) is 66.6 Å². The van der Waals surface area contributed by atoms with Crippen molar-refractivity contribution in [1.82, 2.24) is 4.90 Å². The second-order valence-corrected chi connectivity index (χ2v) is 7.64. The summed E-state index contributed by atoms with van der Waals surface area (Å²) >= 11 is 6.16. The van der Waals surface area contributed by atoms with Crippen molar-refractivity contribution in [3.05, 3.63) is 69.5 Å². The summed E-state index contributed by atoms with van der Waals surface area (Å²) in [5.74, 6) is -0.396. The highest BCUT2D eigenvalue weighted by molar-refractivity contribution is 6.33. The van der Waals surface area contributed by atoms with Gasteiger partial charge in [-0.2, -0.15) is 0 Å². The first-order valence-corrected chi connectivity index (χ1v) is 9.64. The van der Waals surface area contributed by atoms with E-state index in [1.54, 1.807) is 29.2 Å². The Morgan fingerprint density at radius 3 is 2.86 bits per heavy atom. The van der Waals surface area contributed by atoms with Gasteiger partial charge < -0.3 is 15.7 Å². The van der Waals surface area contributed by atoms with E-state index in [9.17, 15) is 9.18 Å². The molecule has 0 saturated carbocycles. The summed E-state index contributed by atoms with van der Waals surface area (Å²) < 4.78 is 13.8. The third-order valence-electron chi connectivity index (χ3n) is 5.28. The fourth-order valence-electron chi connectivity index (χ4n) is 3.60. The number of hydrogen-bond acceptors (Lipinski definition) is 3. The molecule has 1 saturated heterocycles. The maximum Gasteiger partial charge on any atom is 0.248 e. The number of nitrogens with two attached hydrogens (primary N) is 1. The molecule has 0 spiro atoms. The molecule has 1 aliphatic rings. The quantitative estimate of drug-likeness (QED) is 0.747. The number of hydrogen-bond donors (Lipinski definition) is 2. The molecule has 4 nitrogen and oxygen atoms in total. The minimum Gasteiger partial charge on any atom is -0.398 e. The second kappa shape index (κ2) is 8.76. The summed E-state index contributed by atoms with van der Waals surface area (Å²) in [5.41, 5.74) is 10.3. The molecule has 28 heavy (non-hydrogen) atoms. The van der Waals surface area contributed by atoms with E-state index in [-0.39, 0.29) is 17.6 Å². The SMILES string of the molecule is Cc1ccc(F)cc1C/C(=C\c1ccc(N)c(Cl)c1)C1CCN(C(=O)CO)C1. The van der Waals surface area contributed by atoms with Gasteiger partial charge in [-0.05, 0) is 66.6 Å². The summed E-state index contributed by atoms with van der Waals surface area (Å²) in [4.78, 5) is 13.5. The molecule has 3 N–H and O–H groups in total. The standard InChI is InChI=1S/C22H24ClFN2O2/c1-14-2-4-19(24)11-17(14)10-18(8-15-3-5-21(25)20(23)9-15)16-6-7-26(12-16)22(28)13-27/h2-5,8-9,11,16,27H,6-7,10,12-13,25H2,1H3/b18-8+. The van der Waals surface area contributed by atoms with Gasteiger partial charge in [0.05, 0.1) is 10.7 Å². The molecule has 1 atom stereocenters. The molecular weight excluding hydrogens is 379 g/mol. The van der Waals surface area contributed by atoms with Crippen LogP contribution < -0.4 is 5.73 Å². The minimum atomic E-state index is -0.484. The lowest BCUT2D eigenvalue weighted by Gasteiger charge is -2.19. The van der Waals surface area contributed by atoms with Crippen LogP contribution in [0.1, 0.15) is 23.1 Å². The van der Waals surface area contributed by atoms with Gasteiger partial charge in [0, 0.05) is 13.1 Å². The van der Waals surface area contributed by atoms with Crippen molar-refractivity contribution in [3.63, 3.8) is 0 Å². The number of benzene rings is 2. The number of rotatable bonds is 5. The molecule has 1 heterocycles. The maximum atomic E-state index is 13.8. The normalized spacial score (nSPS) is 17.2. The van der Waals surface area contributed by atoms with Crippen molar-refractivity contribution in [1.29, 1.82) is 0 Å². The molecule has 1 amide bonds. The van der Waals surface area contributed by atoms with Crippen LogP contribution >= 0.6 is 11.6 Å². The highest BCUT2D eigenvalue weighted by atomic mass is 35.5. The van der Waals surface area contributed by atoms with Crippen molar-refractivity contribution < 1.29 is 14.3 Å². The van der Waals surface area contributed by atoms with Crippen LogP contribution in [0, 0.1) is 18.7 Å². The monoisotopic (exact) mass is 402 g/mol. The van der Waals surface area contributed by atoms with E-state index < -0.39 is 6.61 Å². The molecule has 2 aromatic rings. The fraction of sp³-hybridized carbons (Fsp3) is 0.318. The fourth-order valence-corrected chi connectivity index (χ4v) is 3.79. The van der Waals surface area contributed by atoms with Gasteiger partial charge in [0.1, 0.15) is 12.4 Å². The Morgan fingerprint density at radius 2 is 2.14 bits per heavy atom. The van der Waals surface area contributed by atoms with E-state index in [2.05, 4.69) is 0 Å². The Bertz CT molecular complexity index is 913. The number of aliphatic hydroxyl groups excluding tert-OH is 1. The molecule has 2 aromatic carbocycles. The third-order valence-corrected chi connectivity index (χ3v) is 5.61. The predicted molar refractivity (Wildman–Crippen MR) is 110 cm³/mol. The Labute approximate surface area is 169 Å². The number of carbonyl (C=O) groups is 1. The summed E-state index contributed by atoms with van der Waals surface area (Å²) in [5, 5.41) is 9.62. The number of aryl methyl sites for hydroxylation is 1. The number of carbonyl (C=O) groups excluding carboxylic acids is 1. The Hall–Kier alpha value is -2.37. The molecule has 1 unspecified atom stereocenters. The molecule has 0 radical (unpaired) electrons. The smallest absolute Gasteiger partial charge is 0.248 e. The van der Waals surface area contributed by atoms with E-state index in [0.29, 0.717) is 30.2 Å². The Kier molecular flexibility index (Phi) is 6.37. The first kappa shape index (κ1) is 20.4. The van der Waals surface area contributed by atoms with Crippen molar-refractivity contribution >= 4 is 29.3 Å². The van der Waals surface area contributed by atoms with Gasteiger partial charge in [0.15, 0.2) is 0 Å². The lowest BCUT2D eigenvalue weighted by atomic mass is 9.89. The van der Waals surface area contributed by atoms with Crippen LogP contribution in [-0.2, 0) is 11.2 Å². The second-order valence-electron chi connectivity index (χ2n) is 7.23. The highest BCUT2D eigenvalue weighted by Gasteiger charge is 2.28. The van der Waals surface area contributed by atoms with E-state index in [1.165, 1.54) is 6.07 Å². The van der Waals surface area contributed by atoms with Crippen molar-refractivity contribution in [2.45, 2.75) is 19.8 Å². The van der Waals surface area contributed by atoms with Crippen molar-refractivity contribution in [3.8, 4) is 0 Å². The number of anilines is 1. The summed E-state index contributed by atoms with van der Waals surface area (Å²) in [7, 11) is 0. The number of aliphatic hydroxyl groups is 1. The van der Waals surface area contributed by atoms with Gasteiger partial charge in [-0.1, -0.05) is 35.4 Å². The number of likely N-dealkylation sites (tertiary alicyclic amines) is 1. The zero-order chi connectivity index (χ0) is 20.3. The third kappa shape index (κ3) is 4.72. The molecule has 148 valence electrons. The van der Waals surface area contributed by atoms with Gasteiger partial charge in [-0.15, -0.1) is 0 Å². The number of nitrogens with zero attached hydrogens (tertiary/aromatic N) is 1. The van der Waals surface area contributed by atoms with Gasteiger partial charge in [0.25, 0.3) is 0 Å². The maximum absolute atomic E-state index is 13.8. The van der Waals surface area contributed by atoms with Gasteiger partial charge >= 0.3 is 0 Å².